The van der Waals surface area contributed by atoms with E-state index in [0.29, 0.717) is 0 Å². The van der Waals surface area contributed by atoms with Gasteiger partial charge in [0, 0.05) is 30.2 Å². The van der Waals surface area contributed by atoms with Crippen molar-refractivity contribution in [1.82, 2.24) is 14.5 Å². The van der Waals surface area contributed by atoms with E-state index in [4.69, 9.17) is 0 Å². The van der Waals surface area contributed by atoms with Crippen LogP contribution in [0.25, 0.3) is 22.0 Å². The fourth-order valence-electron chi connectivity index (χ4n) is 3.87. The van der Waals surface area contributed by atoms with Crippen LogP contribution in [0, 0.1) is 6.92 Å². The van der Waals surface area contributed by atoms with Crippen LogP contribution < -0.4 is 5.01 Å². The normalized spacial score (nSPS) is 11.7. The van der Waals surface area contributed by atoms with Crippen LogP contribution in [-0.4, -0.2) is 68.8 Å². The zero-order chi connectivity index (χ0) is 20.8. The molecule has 0 saturated carbocycles. The van der Waals surface area contributed by atoms with Gasteiger partial charge in [0.25, 0.3) is 0 Å². The second-order valence-corrected chi connectivity index (χ2v) is 8.54. The van der Waals surface area contributed by atoms with Gasteiger partial charge in [-0.1, -0.05) is 42.0 Å². The molecule has 0 aliphatic rings. The largest absolute Gasteiger partial charge is 0.313 e. The highest BCUT2D eigenvalue weighted by Gasteiger charge is 2.15. The third-order valence-electron chi connectivity index (χ3n) is 5.37. The van der Waals surface area contributed by atoms with E-state index in [1.54, 1.807) is 0 Å². The number of fused-ring (bicyclic) bond motifs is 1. The maximum Gasteiger partial charge on any atom is 0.0701 e. The van der Waals surface area contributed by atoms with E-state index in [1.165, 1.54) is 27.6 Å². The Morgan fingerprint density at radius 2 is 1.38 bits per heavy atom. The molecule has 0 amide bonds. The van der Waals surface area contributed by atoms with Crippen molar-refractivity contribution < 1.29 is 0 Å². The first-order valence-electron chi connectivity index (χ1n) is 10.7. The lowest BCUT2D eigenvalue weighted by Crippen LogP contribution is -2.38. The summed E-state index contributed by atoms with van der Waals surface area (Å²) in [6.45, 7) is 6.49. The first-order valence-corrected chi connectivity index (χ1v) is 10.7. The van der Waals surface area contributed by atoms with Crippen LogP contribution in [0.4, 0.5) is 0 Å². The van der Waals surface area contributed by atoms with Crippen LogP contribution in [0.5, 0.6) is 0 Å². The first kappa shape index (κ1) is 21.4. The second-order valence-electron chi connectivity index (χ2n) is 8.54. The summed E-state index contributed by atoms with van der Waals surface area (Å²) in [7, 11) is 8.60. The molecule has 0 radical (unpaired) electrons. The molecular weight excluding hydrogens is 356 g/mol. The van der Waals surface area contributed by atoms with Crippen LogP contribution in [0.15, 0.2) is 54.7 Å². The second kappa shape index (κ2) is 9.95. The summed E-state index contributed by atoms with van der Waals surface area (Å²) < 4.78 is 2.41. The molecule has 0 unspecified atom stereocenters. The van der Waals surface area contributed by atoms with Gasteiger partial charge in [0.05, 0.1) is 5.52 Å². The van der Waals surface area contributed by atoms with E-state index in [9.17, 15) is 0 Å². The fourth-order valence-corrected chi connectivity index (χ4v) is 3.87. The predicted molar refractivity (Wildman–Crippen MR) is 126 cm³/mol. The van der Waals surface area contributed by atoms with Crippen molar-refractivity contribution in [2.75, 3.05) is 59.4 Å². The third kappa shape index (κ3) is 5.62. The Hall–Kier alpha value is -2.30. The van der Waals surface area contributed by atoms with E-state index < -0.39 is 0 Å². The van der Waals surface area contributed by atoms with Crippen LogP contribution in [0.3, 0.4) is 0 Å². The monoisotopic (exact) mass is 392 g/mol. The molecule has 0 saturated heterocycles. The number of rotatable bonds is 10. The van der Waals surface area contributed by atoms with E-state index >= 15 is 0 Å². The minimum Gasteiger partial charge on any atom is -0.313 e. The average molecular weight is 393 g/mol. The van der Waals surface area contributed by atoms with Gasteiger partial charge in [0.2, 0.25) is 0 Å². The highest BCUT2D eigenvalue weighted by atomic mass is 15.5. The van der Waals surface area contributed by atoms with Crippen LogP contribution in [-0.2, 0) is 0 Å². The van der Waals surface area contributed by atoms with E-state index in [0.717, 1.165) is 39.0 Å². The van der Waals surface area contributed by atoms with Gasteiger partial charge in [-0.05, 0) is 78.7 Å². The highest BCUT2D eigenvalue weighted by Crippen LogP contribution is 2.31. The van der Waals surface area contributed by atoms with E-state index in [2.05, 4.69) is 109 Å². The predicted octanol–water partition coefficient (Wildman–Crippen LogP) is 4.46. The summed E-state index contributed by atoms with van der Waals surface area (Å²) >= 11 is 0. The lowest BCUT2D eigenvalue weighted by Gasteiger charge is -2.28. The van der Waals surface area contributed by atoms with Crippen LogP contribution in [0.2, 0.25) is 0 Å². The number of hydrogen-bond acceptors (Lipinski definition) is 3. The Morgan fingerprint density at radius 3 is 1.97 bits per heavy atom. The lowest BCUT2D eigenvalue weighted by molar-refractivity contribution is 0.378. The molecule has 1 heterocycles. The quantitative estimate of drug-likeness (QED) is 0.506. The van der Waals surface area contributed by atoms with Gasteiger partial charge in [-0.25, -0.2) is 0 Å². The minimum atomic E-state index is 1.05. The summed E-state index contributed by atoms with van der Waals surface area (Å²) in [4.78, 5) is 4.54. The van der Waals surface area contributed by atoms with Crippen molar-refractivity contribution in [2.24, 2.45) is 0 Å². The number of benzene rings is 2. The molecule has 0 fully saturated rings. The van der Waals surface area contributed by atoms with Gasteiger partial charge in [0.15, 0.2) is 0 Å². The first-order chi connectivity index (χ1) is 14.0. The standard InChI is InChI=1S/C25H36N4/c1-21-13-14-25-23(19-21)24(22-11-7-6-8-12-22)20-29(25)28(17-9-15-26(2)3)18-10-16-27(4)5/h6-8,11-14,19-20H,9-10,15-18H2,1-5H3. The Morgan fingerprint density at radius 1 is 0.759 bits per heavy atom. The number of aromatic nitrogens is 1. The number of hydrogen-bond donors (Lipinski definition) is 0. The maximum atomic E-state index is 2.52. The molecule has 0 aliphatic carbocycles. The molecule has 0 atom stereocenters. The topological polar surface area (TPSA) is 14.7 Å². The SMILES string of the molecule is Cc1ccc2c(c1)c(-c1ccccc1)cn2N(CCCN(C)C)CCCN(C)C. The summed E-state index contributed by atoms with van der Waals surface area (Å²) in [5, 5.41) is 3.86. The molecule has 1 aromatic heterocycles. The summed E-state index contributed by atoms with van der Waals surface area (Å²) in [6, 6.07) is 17.6. The van der Waals surface area contributed by atoms with Gasteiger partial charge in [-0.3, -0.25) is 4.68 Å². The minimum absolute atomic E-state index is 1.05. The van der Waals surface area contributed by atoms with Crippen molar-refractivity contribution in [3.63, 3.8) is 0 Å². The van der Waals surface area contributed by atoms with Crippen molar-refractivity contribution in [1.29, 1.82) is 0 Å². The summed E-state index contributed by atoms with van der Waals surface area (Å²) in [5.41, 5.74) is 5.20. The van der Waals surface area contributed by atoms with Crippen LogP contribution >= 0.6 is 0 Å². The lowest BCUT2D eigenvalue weighted by atomic mass is 10.0. The van der Waals surface area contributed by atoms with Gasteiger partial charge in [-0.15, -0.1) is 0 Å². The molecule has 2 aromatic carbocycles. The molecule has 3 rings (SSSR count). The summed E-state index contributed by atoms with van der Waals surface area (Å²) in [6.07, 6.45) is 4.65. The van der Waals surface area contributed by atoms with Gasteiger partial charge < -0.3 is 14.8 Å². The maximum absolute atomic E-state index is 2.52. The van der Waals surface area contributed by atoms with Crippen molar-refractivity contribution in [2.45, 2.75) is 19.8 Å². The molecule has 4 heteroatoms. The Labute approximate surface area is 176 Å². The van der Waals surface area contributed by atoms with Crippen molar-refractivity contribution >= 4 is 10.9 Å². The molecule has 0 spiro atoms. The van der Waals surface area contributed by atoms with Gasteiger partial charge in [0.1, 0.15) is 0 Å². The summed E-state index contributed by atoms with van der Waals surface area (Å²) in [5.74, 6) is 0. The Kier molecular flexibility index (Phi) is 7.34. The molecule has 3 aromatic rings. The molecule has 4 nitrogen and oxygen atoms in total. The Balaban J connectivity index is 1.98. The van der Waals surface area contributed by atoms with Crippen LogP contribution in [0.1, 0.15) is 18.4 Å². The zero-order valence-corrected chi connectivity index (χ0v) is 18.7. The van der Waals surface area contributed by atoms with Gasteiger partial charge >= 0.3 is 0 Å². The smallest absolute Gasteiger partial charge is 0.0701 e. The molecule has 29 heavy (non-hydrogen) atoms. The Bertz CT molecular complexity index is 882. The molecular formula is C25H36N4. The number of aryl methyl sites for hydroxylation is 1. The van der Waals surface area contributed by atoms with Crippen molar-refractivity contribution in [3.05, 3.63) is 60.3 Å². The van der Waals surface area contributed by atoms with Crippen molar-refractivity contribution in [3.8, 4) is 11.1 Å². The van der Waals surface area contributed by atoms with Gasteiger partial charge in [-0.2, -0.15) is 0 Å². The fraction of sp³-hybridized carbons (Fsp3) is 0.440. The zero-order valence-electron chi connectivity index (χ0n) is 18.7. The molecule has 0 aliphatic heterocycles. The molecule has 156 valence electrons. The van der Waals surface area contributed by atoms with E-state index in [1.807, 2.05) is 0 Å². The van der Waals surface area contributed by atoms with E-state index in [-0.39, 0.29) is 0 Å². The molecule has 0 N–H and O–H groups in total. The average Bonchev–Trinajstić information content (AvgIpc) is 3.05. The number of nitrogens with zero attached hydrogens (tertiary/aromatic N) is 4. The third-order valence-corrected chi connectivity index (χ3v) is 5.37. The molecule has 0 bridgehead atoms. The highest BCUT2D eigenvalue weighted by molar-refractivity contribution is 5.96.